The molecule has 1 atom stereocenters. The highest BCUT2D eigenvalue weighted by molar-refractivity contribution is 14.0. The molecule has 0 aliphatic carbocycles. The van der Waals surface area contributed by atoms with E-state index < -0.39 is 10.0 Å². The fourth-order valence-corrected chi connectivity index (χ4v) is 5.75. The number of fused-ring (bicyclic) bond motifs is 1. The Labute approximate surface area is 188 Å². The van der Waals surface area contributed by atoms with Crippen molar-refractivity contribution in [3.8, 4) is 0 Å². The van der Waals surface area contributed by atoms with Gasteiger partial charge in [-0.25, -0.2) is 22.4 Å². The van der Waals surface area contributed by atoms with Crippen molar-refractivity contribution in [1.29, 1.82) is 0 Å². The molecule has 9 nitrogen and oxygen atoms in total. The first kappa shape index (κ1) is 23.7. The average Bonchev–Trinajstić information content (AvgIpc) is 3.02. The van der Waals surface area contributed by atoms with Gasteiger partial charge < -0.3 is 10.6 Å². The number of halogens is 1. The van der Waals surface area contributed by atoms with E-state index in [4.69, 9.17) is 0 Å². The molecule has 160 valence electrons. The smallest absolute Gasteiger partial charge is 0.215 e. The van der Waals surface area contributed by atoms with Crippen LogP contribution in [-0.4, -0.2) is 82.9 Å². The van der Waals surface area contributed by atoms with Crippen LogP contribution in [0.15, 0.2) is 4.99 Å². The highest BCUT2D eigenvalue weighted by Gasteiger charge is 2.24. The molecular weight excluding hydrogens is 513 g/mol. The van der Waals surface area contributed by atoms with E-state index in [9.17, 15) is 8.42 Å². The standard InChI is InChI=1S/C16H29N7O2S2.HI/c1-3-17-16(18-6-11-27(24,25)22-7-9-26-10-8-22)20-14-4-5-15-19-13(2)21-23(15)12-14;/h14H,3-12H2,1-2H3,(H2,17,18,20);1H. The van der Waals surface area contributed by atoms with Gasteiger partial charge in [0, 0.05) is 43.6 Å². The minimum absolute atomic E-state index is 0. The van der Waals surface area contributed by atoms with Gasteiger partial charge in [-0.05, 0) is 20.3 Å². The summed E-state index contributed by atoms with van der Waals surface area (Å²) < 4.78 is 28.4. The minimum atomic E-state index is -3.23. The first-order chi connectivity index (χ1) is 13.0. The molecule has 3 heterocycles. The lowest BCUT2D eigenvalue weighted by molar-refractivity contribution is 0.392. The van der Waals surface area contributed by atoms with Gasteiger partial charge in [0.15, 0.2) is 5.96 Å². The van der Waals surface area contributed by atoms with Gasteiger partial charge in [0.2, 0.25) is 10.0 Å². The van der Waals surface area contributed by atoms with Gasteiger partial charge in [0.05, 0.1) is 18.8 Å². The molecule has 0 spiro atoms. The lowest BCUT2D eigenvalue weighted by atomic mass is 10.1. The molecule has 0 saturated carbocycles. The van der Waals surface area contributed by atoms with Gasteiger partial charge >= 0.3 is 0 Å². The third-order valence-electron chi connectivity index (χ3n) is 4.63. The van der Waals surface area contributed by atoms with Crippen molar-refractivity contribution in [1.82, 2.24) is 29.7 Å². The Morgan fingerprint density at radius 1 is 1.36 bits per heavy atom. The molecule has 2 aliphatic heterocycles. The number of hydrogen-bond donors (Lipinski definition) is 2. The quantitative estimate of drug-likeness (QED) is 0.305. The van der Waals surface area contributed by atoms with Crippen LogP contribution in [0.4, 0.5) is 0 Å². The monoisotopic (exact) mass is 543 g/mol. The summed E-state index contributed by atoms with van der Waals surface area (Å²) in [6, 6.07) is 0.201. The van der Waals surface area contributed by atoms with Crippen LogP contribution >= 0.6 is 35.7 Å². The van der Waals surface area contributed by atoms with Crippen molar-refractivity contribution in [3.63, 3.8) is 0 Å². The molecule has 1 aromatic heterocycles. The van der Waals surface area contributed by atoms with Gasteiger partial charge in [0.1, 0.15) is 11.6 Å². The lowest BCUT2D eigenvalue weighted by Crippen LogP contribution is -2.47. The molecule has 1 fully saturated rings. The molecule has 28 heavy (non-hydrogen) atoms. The van der Waals surface area contributed by atoms with E-state index in [1.807, 2.05) is 18.5 Å². The number of thioether (sulfide) groups is 1. The van der Waals surface area contributed by atoms with Crippen LogP contribution in [0.1, 0.15) is 25.0 Å². The van der Waals surface area contributed by atoms with E-state index in [1.54, 1.807) is 16.1 Å². The molecule has 0 aromatic carbocycles. The van der Waals surface area contributed by atoms with E-state index in [-0.39, 0.29) is 42.3 Å². The average molecular weight is 544 g/mol. The van der Waals surface area contributed by atoms with Crippen LogP contribution in [0, 0.1) is 6.92 Å². The third kappa shape index (κ3) is 6.46. The van der Waals surface area contributed by atoms with Gasteiger partial charge in [0.25, 0.3) is 0 Å². The van der Waals surface area contributed by atoms with Crippen molar-refractivity contribution in [3.05, 3.63) is 11.6 Å². The normalized spacial score (nSPS) is 20.9. The van der Waals surface area contributed by atoms with E-state index in [0.29, 0.717) is 19.0 Å². The maximum absolute atomic E-state index is 12.4. The summed E-state index contributed by atoms with van der Waals surface area (Å²) in [7, 11) is -3.23. The van der Waals surface area contributed by atoms with Crippen molar-refractivity contribution >= 4 is 51.7 Å². The summed E-state index contributed by atoms with van der Waals surface area (Å²) in [6.07, 6.45) is 1.82. The predicted molar refractivity (Wildman–Crippen MR) is 124 cm³/mol. The van der Waals surface area contributed by atoms with E-state index >= 15 is 0 Å². The fraction of sp³-hybridized carbons (Fsp3) is 0.812. The van der Waals surface area contributed by atoms with Crippen LogP contribution in [-0.2, 0) is 23.0 Å². The van der Waals surface area contributed by atoms with E-state index in [2.05, 4.69) is 25.7 Å². The molecule has 0 bridgehead atoms. The third-order valence-corrected chi connectivity index (χ3v) is 7.42. The number of nitrogens with zero attached hydrogens (tertiary/aromatic N) is 5. The highest BCUT2D eigenvalue weighted by atomic mass is 127. The zero-order chi connectivity index (χ0) is 19.3. The van der Waals surface area contributed by atoms with Gasteiger partial charge in [-0.15, -0.1) is 24.0 Å². The highest BCUT2D eigenvalue weighted by Crippen LogP contribution is 2.14. The number of hydrogen-bond acceptors (Lipinski definition) is 6. The summed E-state index contributed by atoms with van der Waals surface area (Å²) in [5.41, 5.74) is 0. The summed E-state index contributed by atoms with van der Waals surface area (Å²) in [5, 5.41) is 11.0. The topological polar surface area (TPSA) is 105 Å². The molecule has 1 aromatic rings. The van der Waals surface area contributed by atoms with Crippen molar-refractivity contribution in [2.45, 2.75) is 39.3 Å². The molecule has 3 rings (SSSR count). The van der Waals surface area contributed by atoms with Crippen LogP contribution in [0.25, 0.3) is 0 Å². The van der Waals surface area contributed by atoms with E-state index in [0.717, 1.165) is 49.1 Å². The largest absolute Gasteiger partial charge is 0.357 e. The zero-order valence-electron chi connectivity index (χ0n) is 16.4. The number of aromatic nitrogens is 3. The molecule has 0 amide bonds. The van der Waals surface area contributed by atoms with Crippen molar-refractivity contribution in [2.24, 2.45) is 4.99 Å². The van der Waals surface area contributed by atoms with Crippen LogP contribution in [0.2, 0.25) is 0 Å². The number of guanidine groups is 1. The second-order valence-corrected chi connectivity index (χ2v) is 10.0. The molecule has 2 aliphatic rings. The Kier molecular flexibility index (Phi) is 9.28. The number of rotatable bonds is 6. The van der Waals surface area contributed by atoms with Crippen molar-refractivity contribution < 1.29 is 8.42 Å². The zero-order valence-corrected chi connectivity index (χ0v) is 20.4. The number of sulfonamides is 1. The summed E-state index contributed by atoms with van der Waals surface area (Å²) in [6.45, 7) is 6.84. The van der Waals surface area contributed by atoms with Crippen LogP contribution < -0.4 is 10.6 Å². The minimum Gasteiger partial charge on any atom is -0.357 e. The first-order valence-electron chi connectivity index (χ1n) is 9.48. The fourth-order valence-electron chi connectivity index (χ4n) is 3.29. The molecule has 1 unspecified atom stereocenters. The van der Waals surface area contributed by atoms with Gasteiger partial charge in [-0.2, -0.15) is 16.9 Å². The maximum atomic E-state index is 12.4. The second-order valence-electron chi connectivity index (χ2n) is 6.73. The van der Waals surface area contributed by atoms with Crippen molar-refractivity contribution in [2.75, 3.05) is 43.4 Å². The maximum Gasteiger partial charge on any atom is 0.215 e. The molecular formula is C16H30IN7O2S2. The van der Waals surface area contributed by atoms with Crippen LogP contribution in [0.3, 0.4) is 0 Å². The molecule has 2 N–H and O–H groups in total. The number of aryl methyl sites for hydroxylation is 2. The SMILES string of the molecule is CCNC(=NCCS(=O)(=O)N1CCSCC1)NC1CCc2nc(C)nn2C1.I. The first-order valence-corrected chi connectivity index (χ1v) is 12.2. The summed E-state index contributed by atoms with van der Waals surface area (Å²) >= 11 is 1.80. The Balaban J connectivity index is 0.00000280. The molecule has 0 radical (unpaired) electrons. The van der Waals surface area contributed by atoms with Gasteiger partial charge in [-0.3, -0.25) is 4.99 Å². The number of aliphatic imine (C=N–C) groups is 1. The van der Waals surface area contributed by atoms with Crippen LogP contribution in [0.5, 0.6) is 0 Å². The molecule has 1 saturated heterocycles. The second kappa shape index (κ2) is 11.0. The Morgan fingerprint density at radius 2 is 2.11 bits per heavy atom. The Hall–Kier alpha value is -0.600. The van der Waals surface area contributed by atoms with E-state index in [1.165, 1.54) is 0 Å². The summed E-state index contributed by atoms with van der Waals surface area (Å²) in [5.74, 6) is 4.28. The lowest BCUT2D eigenvalue weighted by Gasteiger charge is -2.26. The molecule has 12 heteroatoms. The predicted octanol–water partition coefficient (Wildman–Crippen LogP) is 0.453. The summed E-state index contributed by atoms with van der Waals surface area (Å²) in [4.78, 5) is 8.91. The Morgan fingerprint density at radius 3 is 2.82 bits per heavy atom. The van der Waals surface area contributed by atoms with Gasteiger partial charge in [-0.1, -0.05) is 0 Å². The number of nitrogens with one attached hydrogen (secondary N) is 2. The Bertz CT molecular complexity index is 763.